The quantitative estimate of drug-likeness (QED) is 0.769. The van der Waals surface area contributed by atoms with E-state index in [0.29, 0.717) is 0 Å². The van der Waals surface area contributed by atoms with E-state index in [2.05, 4.69) is 0 Å². The van der Waals surface area contributed by atoms with E-state index in [1.54, 1.807) is 31.2 Å². The number of nitrogens with two attached hydrogens (primary N) is 1. The lowest BCUT2D eigenvalue weighted by atomic mass is 10.1. The molecule has 1 amide bonds. The summed E-state index contributed by atoms with van der Waals surface area (Å²) < 4.78 is 12.2. The molecule has 3 unspecified atom stereocenters. The molecule has 0 fully saturated rings. The van der Waals surface area contributed by atoms with Gasteiger partial charge in [0, 0.05) is 10.8 Å². The van der Waals surface area contributed by atoms with Crippen LogP contribution in [0.15, 0.2) is 30.3 Å². The Balaban J connectivity index is 2.92. The van der Waals surface area contributed by atoms with Gasteiger partial charge in [0.25, 0.3) is 0 Å². The van der Waals surface area contributed by atoms with E-state index in [4.69, 9.17) is 5.73 Å². The van der Waals surface area contributed by atoms with Gasteiger partial charge in [0.05, 0.1) is 0 Å². The Bertz CT molecular complexity index is 475. The molecule has 5 nitrogen and oxygen atoms in total. The summed E-state index contributed by atoms with van der Waals surface area (Å²) >= 11 is 0. The van der Waals surface area contributed by atoms with Crippen LogP contribution in [0.2, 0.25) is 0 Å². The highest BCUT2D eigenvalue weighted by molar-refractivity contribution is 7.87. The largest absolute Gasteiger partial charge is 0.480 e. The van der Waals surface area contributed by atoms with Crippen molar-refractivity contribution in [1.82, 2.24) is 0 Å². The summed E-state index contributed by atoms with van der Waals surface area (Å²) in [6.07, 6.45) is 0.382. The number of carboxylic acid groups (broad SMARTS) is 1. The maximum Gasteiger partial charge on any atom is 0.319 e. The SMILES string of the molecule is CCC(C(N)=O)S(=O)C(Cc1ccccc1)C(=O)O. The van der Waals surface area contributed by atoms with Crippen molar-refractivity contribution in [2.75, 3.05) is 0 Å². The van der Waals surface area contributed by atoms with Gasteiger partial charge >= 0.3 is 5.97 Å². The summed E-state index contributed by atoms with van der Waals surface area (Å²) in [7, 11) is -1.83. The molecule has 1 aromatic carbocycles. The number of carbonyl (C=O) groups excluding carboxylic acids is 1. The first-order valence-corrected chi connectivity index (χ1v) is 7.20. The molecule has 1 aromatic rings. The Kier molecular flexibility index (Phi) is 5.69. The maximum atomic E-state index is 12.2. The minimum absolute atomic E-state index is 0.118. The number of hydrogen-bond acceptors (Lipinski definition) is 3. The Morgan fingerprint density at radius 3 is 2.26 bits per heavy atom. The van der Waals surface area contributed by atoms with Crippen LogP contribution >= 0.6 is 0 Å². The van der Waals surface area contributed by atoms with E-state index in [1.165, 1.54) is 0 Å². The topological polar surface area (TPSA) is 97.5 Å². The second-order valence-electron chi connectivity index (χ2n) is 4.14. The minimum atomic E-state index is -1.83. The molecule has 3 atom stereocenters. The van der Waals surface area contributed by atoms with Gasteiger partial charge in [-0.25, -0.2) is 0 Å². The number of rotatable bonds is 7. The molecule has 0 aliphatic rings. The molecule has 0 saturated carbocycles. The average Bonchev–Trinajstić information content (AvgIpc) is 2.37. The average molecular weight is 283 g/mol. The molecule has 19 heavy (non-hydrogen) atoms. The zero-order valence-corrected chi connectivity index (χ0v) is 11.4. The molecular weight excluding hydrogens is 266 g/mol. The Morgan fingerprint density at radius 1 is 1.26 bits per heavy atom. The highest BCUT2D eigenvalue weighted by atomic mass is 32.2. The molecule has 0 radical (unpaired) electrons. The highest BCUT2D eigenvalue weighted by Gasteiger charge is 2.32. The van der Waals surface area contributed by atoms with Gasteiger partial charge in [0.2, 0.25) is 5.91 Å². The van der Waals surface area contributed by atoms with Crippen molar-refractivity contribution in [3.8, 4) is 0 Å². The zero-order chi connectivity index (χ0) is 14.4. The number of benzene rings is 1. The second-order valence-corrected chi connectivity index (χ2v) is 5.94. The molecule has 0 bridgehead atoms. The first-order chi connectivity index (χ1) is 8.97. The van der Waals surface area contributed by atoms with Gasteiger partial charge in [0.1, 0.15) is 10.5 Å². The third-order valence-electron chi connectivity index (χ3n) is 2.79. The summed E-state index contributed by atoms with van der Waals surface area (Å²) in [4.78, 5) is 22.4. The number of hydrogen-bond donors (Lipinski definition) is 2. The molecular formula is C13H17NO4S. The first-order valence-electron chi connectivity index (χ1n) is 5.92. The summed E-state index contributed by atoms with van der Waals surface area (Å²) in [5, 5.41) is 7.13. The van der Waals surface area contributed by atoms with Gasteiger partial charge in [-0.1, -0.05) is 37.3 Å². The molecule has 0 spiro atoms. The molecule has 0 aromatic heterocycles. The van der Waals surface area contributed by atoms with Crippen molar-refractivity contribution in [1.29, 1.82) is 0 Å². The van der Waals surface area contributed by atoms with Gasteiger partial charge in [-0.3, -0.25) is 13.8 Å². The van der Waals surface area contributed by atoms with E-state index in [-0.39, 0.29) is 12.8 Å². The van der Waals surface area contributed by atoms with E-state index >= 15 is 0 Å². The highest BCUT2D eigenvalue weighted by Crippen LogP contribution is 2.14. The molecule has 0 aliphatic carbocycles. The smallest absolute Gasteiger partial charge is 0.319 e. The van der Waals surface area contributed by atoms with Gasteiger partial charge < -0.3 is 10.8 Å². The predicted octanol–water partition coefficient (Wildman–Crippen LogP) is 0.695. The Morgan fingerprint density at radius 2 is 1.84 bits per heavy atom. The fraction of sp³-hybridized carbons (Fsp3) is 0.385. The summed E-state index contributed by atoms with van der Waals surface area (Å²) in [5.41, 5.74) is 5.92. The predicted molar refractivity (Wildman–Crippen MR) is 73.0 cm³/mol. The van der Waals surface area contributed by atoms with Crippen LogP contribution in [0.4, 0.5) is 0 Å². The fourth-order valence-electron chi connectivity index (χ4n) is 1.78. The van der Waals surface area contributed by atoms with Crippen molar-refractivity contribution < 1.29 is 18.9 Å². The van der Waals surface area contributed by atoms with Crippen LogP contribution in [0.3, 0.4) is 0 Å². The molecule has 1 rings (SSSR count). The normalized spacial score (nSPS) is 15.4. The lowest BCUT2D eigenvalue weighted by molar-refractivity contribution is -0.136. The van der Waals surface area contributed by atoms with Crippen LogP contribution in [-0.2, 0) is 26.8 Å². The van der Waals surface area contributed by atoms with Crippen molar-refractivity contribution in [3.63, 3.8) is 0 Å². The molecule has 6 heteroatoms. The molecule has 0 heterocycles. The molecule has 104 valence electrons. The van der Waals surface area contributed by atoms with Crippen LogP contribution in [0.25, 0.3) is 0 Å². The third-order valence-corrected chi connectivity index (χ3v) is 4.84. The van der Waals surface area contributed by atoms with Crippen LogP contribution < -0.4 is 5.73 Å². The lowest BCUT2D eigenvalue weighted by Crippen LogP contribution is -2.40. The van der Waals surface area contributed by atoms with Gasteiger partial charge in [-0.15, -0.1) is 0 Å². The summed E-state index contributed by atoms with van der Waals surface area (Å²) in [6.45, 7) is 1.66. The third kappa shape index (κ3) is 4.17. The maximum absolute atomic E-state index is 12.2. The monoisotopic (exact) mass is 283 g/mol. The standard InChI is InChI=1S/C13H17NO4S/c1-2-10(12(14)15)19(18)11(13(16)17)8-9-6-4-3-5-7-9/h3-7,10-11H,2,8H2,1H3,(H2,14,15)(H,16,17). The first kappa shape index (κ1) is 15.4. The number of carboxylic acids is 1. The summed E-state index contributed by atoms with van der Waals surface area (Å²) in [6, 6.07) is 8.90. The summed E-state index contributed by atoms with van der Waals surface area (Å²) in [5.74, 6) is -1.90. The van der Waals surface area contributed by atoms with Crippen LogP contribution in [0.5, 0.6) is 0 Å². The van der Waals surface area contributed by atoms with Crippen LogP contribution in [-0.4, -0.2) is 31.7 Å². The van der Waals surface area contributed by atoms with Crippen LogP contribution in [0.1, 0.15) is 18.9 Å². The molecule has 3 N–H and O–H groups in total. The lowest BCUT2D eigenvalue weighted by Gasteiger charge is -2.17. The molecule has 0 saturated heterocycles. The van der Waals surface area contributed by atoms with Gasteiger partial charge in [0.15, 0.2) is 0 Å². The van der Waals surface area contributed by atoms with Crippen molar-refractivity contribution in [3.05, 3.63) is 35.9 Å². The van der Waals surface area contributed by atoms with Crippen molar-refractivity contribution >= 4 is 22.7 Å². The number of primary amides is 1. The van der Waals surface area contributed by atoms with E-state index in [1.807, 2.05) is 6.07 Å². The second kappa shape index (κ2) is 7.04. The number of amides is 1. The minimum Gasteiger partial charge on any atom is -0.480 e. The van der Waals surface area contributed by atoms with E-state index in [9.17, 15) is 18.9 Å². The van der Waals surface area contributed by atoms with Crippen molar-refractivity contribution in [2.45, 2.75) is 30.3 Å². The van der Waals surface area contributed by atoms with E-state index in [0.717, 1.165) is 5.56 Å². The van der Waals surface area contributed by atoms with E-state index < -0.39 is 33.2 Å². The van der Waals surface area contributed by atoms with Gasteiger partial charge in [-0.05, 0) is 18.4 Å². The molecule has 0 aliphatic heterocycles. The van der Waals surface area contributed by atoms with Crippen LogP contribution in [0, 0.1) is 0 Å². The van der Waals surface area contributed by atoms with Crippen molar-refractivity contribution in [2.24, 2.45) is 5.73 Å². The Hall–Kier alpha value is -1.69. The number of carbonyl (C=O) groups is 2. The zero-order valence-electron chi connectivity index (χ0n) is 10.6. The Labute approximate surface area is 114 Å². The number of aliphatic carboxylic acids is 1. The van der Waals surface area contributed by atoms with Gasteiger partial charge in [-0.2, -0.15) is 0 Å². The fourth-order valence-corrected chi connectivity index (χ4v) is 3.28.